The van der Waals surface area contributed by atoms with Crippen molar-refractivity contribution in [2.24, 2.45) is 5.73 Å². The molecule has 0 saturated carbocycles. The van der Waals surface area contributed by atoms with Gasteiger partial charge in [0.15, 0.2) is 0 Å². The van der Waals surface area contributed by atoms with Gasteiger partial charge in [0.2, 0.25) is 0 Å². The molecule has 1 heterocycles. The normalized spacial score (nSPS) is 10.5. The molecule has 0 fully saturated rings. The SMILES string of the molecule is NCCCNCCCc1ccco1. The van der Waals surface area contributed by atoms with E-state index < -0.39 is 0 Å². The lowest BCUT2D eigenvalue weighted by atomic mass is 10.2. The van der Waals surface area contributed by atoms with Crippen LogP contribution in [0.5, 0.6) is 0 Å². The summed E-state index contributed by atoms with van der Waals surface area (Å²) >= 11 is 0. The lowest BCUT2D eigenvalue weighted by Crippen LogP contribution is -2.19. The van der Waals surface area contributed by atoms with Crippen molar-refractivity contribution in [3.63, 3.8) is 0 Å². The maximum absolute atomic E-state index is 5.37. The molecule has 0 aliphatic heterocycles. The molecule has 0 aliphatic rings. The second kappa shape index (κ2) is 6.69. The van der Waals surface area contributed by atoms with Gasteiger partial charge < -0.3 is 15.5 Å². The summed E-state index contributed by atoms with van der Waals surface area (Å²) in [5.74, 6) is 1.07. The fourth-order valence-electron chi connectivity index (χ4n) is 1.19. The van der Waals surface area contributed by atoms with Crippen molar-refractivity contribution in [3.05, 3.63) is 24.2 Å². The molecule has 1 aromatic rings. The molecule has 0 spiro atoms. The molecule has 1 rings (SSSR count). The summed E-state index contributed by atoms with van der Waals surface area (Å²) in [5, 5.41) is 3.33. The summed E-state index contributed by atoms with van der Waals surface area (Å²) in [7, 11) is 0. The molecule has 0 unspecified atom stereocenters. The molecule has 0 amide bonds. The predicted molar refractivity (Wildman–Crippen MR) is 53.6 cm³/mol. The Balaban J connectivity index is 1.90. The van der Waals surface area contributed by atoms with Crippen molar-refractivity contribution in [1.29, 1.82) is 0 Å². The standard InChI is InChI=1S/C10H18N2O/c11-6-3-8-12-7-1-4-10-5-2-9-13-10/h2,5,9,12H,1,3-4,6-8,11H2. The number of hydrogen-bond donors (Lipinski definition) is 2. The molecule has 3 nitrogen and oxygen atoms in total. The second-order valence-corrected chi connectivity index (χ2v) is 3.08. The molecule has 13 heavy (non-hydrogen) atoms. The van der Waals surface area contributed by atoms with E-state index in [9.17, 15) is 0 Å². The average molecular weight is 182 g/mol. The number of furan rings is 1. The maximum atomic E-state index is 5.37. The van der Waals surface area contributed by atoms with Crippen LogP contribution in [0.25, 0.3) is 0 Å². The lowest BCUT2D eigenvalue weighted by molar-refractivity contribution is 0.495. The first-order valence-electron chi connectivity index (χ1n) is 4.86. The van der Waals surface area contributed by atoms with Gasteiger partial charge in [0.1, 0.15) is 5.76 Å². The highest BCUT2D eigenvalue weighted by Gasteiger charge is 1.94. The quantitative estimate of drug-likeness (QED) is 0.622. The minimum atomic E-state index is 0.769. The molecule has 1 aromatic heterocycles. The summed E-state index contributed by atoms with van der Waals surface area (Å²) in [6, 6.07) is 3.94. The Morgan fingerprint density at radius 1 is 1.31 bits per heavy atom. The molecule has 0 radical (unpaired) electrons. The van der Waals surface area contributed by atoms with Crippen LogP contribution >= 0.6 is 0 Å². The highest BCUT2D eigenvalue weighted by Crippen LogP contribution is 2.02. The van der Waals surface area contributed by atoms with Crippen LogP contribution in [0.1, 0.15) is 18.6 Å². The fraction of sp³-hybridized carbons (Fsp3) is 0.600. The number of rotatable bonds is 7. The molecule has 3 heteroatoms. The van der Waals surface area contributed by atoms with E-state index in [-0.39, 0.29) is 0 Å². The third-order valence-electron chi connectivity index (χ3n) is 1.91. The molecule has 0 aromatic carbocycles. The van der Waals surface area contributed by atoms with E-state index in [1.165, 1.54) is 0 Å². The number of nitrogens with one attached hydrogen (secondary N) is 1. The van der Waals surface area contributed by atoms with Crippen LogP contribution in [0.3, 0.4) is 0 Å². The van der Waals surface area contributed by atoms with Crippen LogP contribution in [0.4, 0.5) is 0 Å². The summed E-state index contributed by atoms with van der Waals surface area (Å²) in [6.07, 6.45) is 4.92. The molecule has 3 N–H and O–H groups in total. The maximum Gasteiger partial charge on any atom is 0.103 e. The molecule has 0 aliphatic carbocycles. The molecule has 0 bridgehead atoms. The highest BCUT2D eigenvalue weighted by atomic mass is 16.3. The third-order valence-corrected chi connectivity index (χ3v) is 1.91. The summed E-state index contributed by atoms with van der Waals surface area (Å²) in [5.41, 5.74) is 5.37. The van der Waals surface area contributed by atoms with Gasteiger partial charge in [0, 0.05) is 6.42 Å². The van der Waals surface area contributed by atoms with Crippen molar-refractivity contribution in [2.45, 2.75) is 19.3 Å². The second-order valence-electron chi connectivity index (χ2n) is 3.08. The van der Waals surface area contributed by atoms with Gasteiger partial charge in [-0.05, 0) is 44.6 Å². The smallest absolute Gasteiger partial charge is 0.103 e. The minimum Gasteiger partial charge on any atom is -0.469 e. The van der Waals surface area contributed by atoms with Crippen molar-refractivity contribution in [3.8, 4) is 0 Å². The Morgan fingerprint density at radius 3 is 2.85 bits per heavy atom. The monoisotopic (exact) mass is 182 g/mol. The van der Waals surface area contributed by atoms with Gasteiger partial charge in [0.25, 0.3) is 0 Å². The van der Waals surface area contributed by atoms with E-state index in [0.717, 1.165) is 44.7 Å². The van der Waals surface area contributed by atoms with Gasteiger partial charge in [-0.15, -0.1) is 0 Å². The van der Waals surface area contributed by atoms with Crippen LogP contribution in [0.15, 0.2) is 22.8 Å². The van der Waals surface area contributed by atoms with E-state index in [4.69, 9.17) is 10.2 Å². The summed E-state index contributed by atoms with van der Waals surface area (Å²) in [4.78, 5) is 0. The number of nitrogens with two attached hydrogens (primary N) is 1. The minimum absolute atomic E-state index is 0.769. The van der Waals surface area contributed by atoms with E-state index in [0.29, 0.717) is 0 Å². The van der Waals surface area contributed by atoms with E-state index in [1.807, 2.05) is 12.1 Å². The van der Waals surface area contributed by atoms with Crippen LogP contribution in [-0.4, -0.2) is 19.6 Å². The van der Waals surface area contributed by atoms with E-state index in [2.05, 4.69) is 5.32 Å². The van der Waals surface area contributed by atoms with Crippen LogP contribution in [0, 0.1) is 0 Å². The van der Waals surface area contributed by atoms with E-state index >= 15 is 0 Å². The van der Waals surface area contributed by atoms with Gasteiger partial charge in [-0.3, -0.25) is 0 Å². The lowest BCUT2D eigenvalue weighted by Gasteiger charge is -2.01. The molecular formula is C10H18N2O. The zero-order valence-electron chi connectivity index (χ0n) is 7.96. The Kier molecular flexibility index (Phi) is 5.29. The van der Waals surface area contributed by atoms with Crippen molar-refractivity contribution in [2.75, 3.05) is 19.6 Å². The summed E-state index contributed by atoms with van der Waals surface area (Å²) < 4.78 is 5.21. The largest absolute Gasteiger partial charge is 0.469 e. The zero-order chi connectivity index (χ0) is 9.36. The molecule has 74 valence electrons. The third kappa shape index (κ3) is 4.70. The average Bonchev–Trinajstić information content (AvgIpc) is 2.63. The molecule has 0 saturated heterocycles. The topological polar surface area (TPSA) is 51.2 Å². The van der Waals surface area contributed by atoms with Gasteiger partial charge >= 0.3 is 0 Å². The van der Waals surface area contributed by atoms with Gasteiger partial charge in [-0.1, -0.05) is 0 Å². The number of aryl methyl sites for hydroxylation is 1. The Bertz CT molecular complexity index is 197. The fourth-order valence-corrected chi connectivity index (χ4v) is 1.19. The van der Waals surface area contributed by atoms with E-state index in [1.54, 1.807) is 6.26 Å². The Morgan fingerprint density at radius 2 is 2.15 bits per heavy atom. The molecular weight excluding hydrogens is 164 g/mol. The van der Waals surface area contributed by atoms with Gasteiger partial charge in [-0.2, -0.15) is 0 Å². The van der Waals surface area contributed by atoms with Crippen LogP contribution in [-0.2, 0) is 6.42 Å². The molecule has 0 atom stereocenters. The Labute approximate surface area is 79.3 Å². The van der Waals surface area contributed by atoms with Crippen LogP contribution < -0.4 is 11.1 Å². The first kappa shape index (κ1) is 10.3. The Hall–Kier alpha value is -0.800. The van der Waals surface area contributed by atoms with Gasteiger partial charge in [-0.25, -0.2) is 0 Å². The van der Waals surface area contributed by atoms with Crippen molar-refractivity contribution in [1.82, 2.24) is 5.32 Å². The first-order valence-corrected chi connectivity index (χ1v) is 4.86. The number of hydrogen-bond acceptors (Lipinski definition) is 3. The van der Waals surface area contributed by atoms with Crippen molar-refractivity contribution < 1.29 is 4.42 Å². The predicted octanol–water partition coefficient (Wildman–Crippen LogP) is 1.15. The van der Waals surface area contributed by atoms with Crippen LogP contribution in [0.2, 0.25) is 0 Å². The first-order chi connectivity index (χ1) is 6.43. The summed E-state index contributed by atoms with van der Waals surface area (Å²) in [6.45, 7) is 2.83. The van der Waals surface area contributed by atoms with Gasteiger partial charge in [0.05, 0.1) is 6.26 Å². The van der Waals surface area contributed by atoms with Crippen molar-refractivity contribution >= 4 is 0 Å². The highest BCUT2D eigenvalue weighted by molar-refractivity contribution is 4.97. The zero-order valence-corrected chi connectivity index (χ0v) is 7.96.